The lowest BCUT2D eigenvalue weighted by Gasteiger charge is -2.35. The molecule has 2 aromatic heterocycles. The number of carbonyl (C=O) groups is 1. The summed E-state index contributed by atoms with van der Waals surface area (Å²) in [6.45, 7) is 6.61. The Bertz CT molecular complexity index is 1040. The maximum Gasteiger partial charge on any atom is 0.434 e. The minimum Gasteiger partial charge on any atom is -0.356 e. The first kappa shape index (κ1) is 23.1. The first-order chi connectivity index (χ1) is 16.3. The molecule has 2 saturated heterocycles. The Hall–Kier alpha value is -2.69. The van der Waals surface area contributed by atoms with E-state index in [9.17, 15) is 18.0 Å². The van der Waals surface area contributed by atoms with Crippen LogP contribution in [0.2, 0.25) is 0 Å². The number of rotatable bonds is 5. The van der Waals surface area contributed by atoms with Crippen LogP contribution in [0.3, 0.4) is 0 Å². The largest absolute Gasteiger partial charge is 0.434 e. The summed E-state index contributed by atoms with van der Waals surface area (Å²) in [6.07, 6.45) is 2.26. The number of likely N-dealkylation sites (tertiary alicyclic amines) is 1. The molecule has 11 heteroatoms. The van der Waals surface area contributed by atoms with Gasteiger partial charge in [-0.1, -0.05) is 6.92 Å². The van der Waals surface area contributed by atoms with Gasteiger partial charge in [0.1, 0.15) is 23.8 Å². The van der Waals surface area contributed by atoms with Gasteiger partial charge < -0.3 is 19.7 Å². The Morgan fingerprint density at radius 3 is 2.53 bits per heavy atom. The van der Waals surface area contributed by atoms with Crippen molar-refractivity contribution in [2.75, 3.05) is 42.9 Å². The van der Waals surface area contributed by atoms with Gasteiger partial charge in [0.25, 0.3) is 0 Å². The highest BCUT2D eigenvalue weighted by Gasteiger charge is 2.37. The molecular weight excluding hydrogens is 447 g/mol. The van der Waals surface area contributed by atoms with E-state index in [4.69, 9.17) is 0 Å². The van der Waals surface area contributed by atoms with E-state index < -0.39 is 11.9 Å². The number of nitrogens with zero attached hydrogens (tertiary/aromatic N) is 6. The molecule has 2 aromatic rings. The van der Waals surface area contributed by atoms with Crippen molar-refractivity contribution in [2.24, 2.45) is 0 Å². The highest BCUT2D eigenvalue weighted by Crippen LogP contribution is 2.39. The molecule has 3 aliphatic rings. The fourth-order valence-corrected chi connectivity index (χ4v) is 5.43. The molecule has 184 valence electrons. The molecule has 0 aliphatic carbocycles. The summed E-state index contributed by atoms with van der Waals surface area (Å²) >= 11 is 0. The Morgan fingerprint density at radius 1 is 1.09 bits per heavy atom. The minimum absolute atomic E-state index is 0.0107. The lowest BCUT2D eigenvalue weighted by Crippen LogP contribution is -2.36. The van der Waals surface area contributed by atoms with Crippen molar-refractivity contribution in [3.05, 3.63) is 29.6 Å². The van der Waals surface area contributed by atoms with Crippen LogP contribution in [0.1, 0.15) is 67.9 Å². The van der Waals surface area contributed by atoms with Crippen molar-refractivity contribution in [1.29, 1.82) is 0 Å². The van der Waals surface area contributed by atoms with Crippen molar-refractivity contribution in [2.45, 2.75) is 63.6 Å². The van der Waals surface area contributed by atoms with Crippen LogP contribution in [0.15, 0.2) is 12.5 Å². The number of piperidine rings is 1. The molecule has 8 nitrogen and oxygen atoms in total. The Morgan fingerprint density at radius 2 is 1.82 bits per heavy atom. The van der Waals surface area contributed by atoms with E-state index >= 15 is 0 Å². The minimum atomic E-state index is -4.45. The van der Waals surface area contributed by atoms with Crippen LogP contribution >= 0.6 is 0 Å². The molecular formula is C23H30F3N7O. The van der Waals surface area contributed by atoms with Crippen molar-refractivity contribution >= 4 is 17.5 Å². The predicted octanol–water partition coefficient (Wildman–Crippen LogP) is 3.62. The number of carbonyl (C=O) groups excluding carboxylic acids is 1. The summed E-state index contributed by atoms with van der Waals surface area (Å²) in [5, 5.41) is 2.83. The average molecular weight is 478 g/mol. The molecule has 1 N–H and O–H groups in total. The van der Waals surface area contributed by atoms with Gasteiger partial charge in [-0.3, -0.25) is 4.79 Å². The van der Waals surface area contributed by atoms with Crippen LogP contribution in [0.4, 0.5) is 24.8 Å². The number of imidazole rings is 1. The number of hydrogen-bond acceptors (Lipinski definition) is 6. The SMILES string of the molecule is C[C@@H]1CC(=O)Nc2ncnc(N3CCC(c4nc(C(F)(F)F)cn4CCN4CCCC4)CC3)c21. The highest BCUT2D eigenvalue weighted by atomic mass is 19.4. The number of halogens is 3. The normalized spacial score (nSPS) is 22.2. The van der Waals surface area contributed by atoms with Gasteiger partial charge in [-0.2, -0.15) is 13.2 Å². The standard InChI is InChI=1S/C23H30F3N7O/c1-15-12-18(34)30-20-19(15)22(28-14-27-20)32-8-4-16(5-9-32)21-29-17(23(24,25)26)13-33(21)11-10-31-6-2-3-7-31/h13-16H,2-12H2,1H3,(H,27,28,30,34)/t15-/m1/s1. The zero-order chi connectivity index (χ0) is 23.9. The summed E-state index contributed by atoms with van der Waals surface area (Å²) in [4.78, 5) is 29.2. The molecule has 5 rings (SSSR count). The number of aromatic nitrogens is 4. The lowest BCUT2D eigenvalue weighted by atomic mass is 9.92. The summed E-state index contributed by atoms with van der Waals surface area (Å²) in [5.74, 6) is 1.82. The van der Waals surface area contributed by atoms with Gasteiger partial charge in [0, 0.05) is 50.3 Å². The molecule has 2 fully saturated rings. The van der Waals surface area contributed by atoms with E-state index in [1.165, 1.54) is 12.5 Å². The third kappa shape index (κ3) is 4.62. The molecule has 0 spiro atoms. The van der Waals surface area contributed by atoms with E-state index in [1.54, 1.807) is 4.57 Å². The zero-order valence-electron chi connectivity index (χ0n) is 19.3. The van der Waals surface area contributed by atoms with Gasteiger partial charge in [0.15, 0.2) is 5.69 Å². The number of alkyl halides is 3. The lowest BCUT2D eigenvalue weighted by molar-refractivity contribution is -0.141. The number of hydrogen-bond donors (Lipinski definition) is 1. The van der Waals surface area contributed by atoms with E-state index in [2.05, 4.69) is 30.1 Å². The van der Waals surface area contributed by atoms with Gasteiger partial charge in [0.2, 0.25) is 5.91 Å². The highest BCUT2D eigenvalue weighted by molar-refractivity contribution is 5.94. The quantitative estimate of drug-likeness (QED) is 0.709. The summed E-state index contributed by atoms with van der Waals surface area (Å²) in [7, 11) is 0. The molecule has 0 radical (unpaired) electrons. The second-order valence-corrected chi connectivity index (χ2v) is 9.60. The Labute approximate surface area is 196 Å². The third-order valence-corrected chi connectivity index (χ3v) is 7.22. The molecule has 1 amide bonds. The van der Waals surface area contributed by atoms with Crippen LogP contribution in [-0.2, 0) is 17.5 Å². The second kappa shape index (κ2) is 9.16. The van der Waals surface area contributed by atoms with Crippen molar-refractivity contribution in [3.8, 4) is 0 Å². The molecule has 0 saturated carbocycles. The smallest absolute Gasteiger partial charge is 0.356 e. The van der Waals surface area contributed by atoms with Crippen molar-refractivity contribution in [1.82, 2.24) is 24.4 Å². The molecule has 1 atom stereocenters. The first-order valence-corrected chi connectivity index (χ1v) is 12.1. The van der Waals surface area contributed by atoms with Crippen LogP contribution in [0.5, 0.6) is 0 Å². The van der Waals surface area contributed by atoms with E-state index in [-0.39, 0.29) is 17.7 Å². The number of fused-ring (bicyclic) bond motifs is 1. The average Bonchev–Trinajstić information content (AvgIpc) is 3.47. The molecule has 0 unspecified atom stereocenters. The fourth-order valence-electron chi connectivity index (χ4n) is 5.43. The zero-order valence-corrected chi connectivity index (χ0v) is 19.3. The van der Waals surface area contributed by atoms with Crippen LogP contribution in [0.25, 0.3) is 0 Å². The van der Waals surface area contributed by atoms with Crippen molar-refractivity contribution in [3.63, 3.8) is 0 Å². The summed E-state index contributed by atoms with van der Waals surface area (Å²) in [5.41, 5.74) is 0.132. The molecule has 0 bridgehead atoms. The third-order valence-electron chi connectivity index (χ3n) is 7.22. The number of nitrogens with one attached hydrogen (secondary N) is 1. The van der Waals surface area contributed by atoms with Crippen LogP contribution in [0, 0.1) is 0 Å². The summed E-state index contributed by atoms with van der Waals surface area (Å²) < 4.78 is 42.1. The maximum atomic E-state index is 13.5. The van der Waals surface area contributed by atoms with E-state index in [0.717, 1.165) is 43.9 Å². The van der Waals surface area contributed by atoms with Crippen molar-refractivity contribution < 1.29 is 18.0 Å². The van der Waals surface area contributed by atoms with E-state index in [0.29, 0.717) is 50.5 Å². The Balaban J connectivity index is 1.32. The van der Waals surface area contributed by atoms with Crippen LogP contribution < -0.4 is 10.2 Å². The van der Waals surface area contributed by atoms with Gasteiger partial charge in [0.05, 0.1) is 0 Å². The second-order valence-electron chi connectivity index (χ2n) is 9.60. The first-order valence-electron chi connectivity index (χ1n) is 12.1. The Kier molecular flexibility index (Phi) is 6.22. The molecule has 34 heavy (non-hydrogen) atoms. The summed E-state index contributed by atoms with van der Waals surface area (Å²) in [6, 6.07) is 0. The monoisotopic (exact) mass is 477 g/mol. The fraction of sp³-hybridized carbons (Fsp3) is 0.652. The molecule has 3 aliphatic heterocycles. The van der Waals surface area contributed by atoms with E-state index in [1.807, 2.05) is 6.92 Å². The predicted molar refractivity (Wildman–Crippen MR) is 121 cm³/mol. The van der Waals surface area contributed by atoms with Gasteiger partial charge in [-0.05, 0) is 44.7 Å². The number of amides is 1. The van der Waals surface area contributed by atoms with Gasteiger partial charge in [-0.25, -0.2) is 15.0 Å². The van der Waals surface area contributed by atoms with Gasteiger partial charge >= 0.3 is 6.18 Å². The van der Waals surface area contributed by atoms with Gasteiger partial charge in [-0.15, -0.1) is 0 Å². The molecule has 0 aromatic carbocycles. The molecule has 5 heterocycles. The topological polar surface area (TPSA) is 79.2 Å². The van der Waals surface area contributed by atoms with Crippen LogP contribution in [-0.4, -0.2) is 63.0 Å². The maximum absolute atomic E-state index is 13.5. The number of anilines is 2.